The number of hydrogen-bond acceptors (Lipinski definition) is 4. The molecule has 10 heteroatoms. The molecule has 0 saturated carbocycles. The van der Waals surface area contributed by atoms with Crippen molar-refractivity contribution in [1.29, 1.82) is 0 Å². The molecular formula is C21H13ClF3N3O2S. The Bertz CT molecular complexity index is 1390. The lowest BCUT2D eigenvalue weighted by molar-refractivity contribution is -0.137. The van der Waals surface area contributed by atoms with Crippen molar-refractivity contribution in [2.45, 2.75) is 11.1 Å². The lowest BCUT2D eigenvalue weighted by Gasteiger charge is -2.13. The Morgan fingerprint density at radius 3 is 2.48 bits per heavy atom. The Morgan fingerprint density at radius 1 is 0.903 bits per heavy atom. The maximum Gasteiger partial charge on any atom is 0.416 e. The van der Waals surface area contributed by atoms with Crippen LogP contribution < -0.4 is 4.72 Å². The summed E-state index contributed by atoms with van der Waals surface area (Å²) < 4.78 is 66.4. The van der Waals surface area contributed by atoms with E-state index in [1.54, 1.807) is 18.3 Å². The normalized spacial score (nSPS) is 12.1. The first-order valence-electron chi connectivity index (χ1n) is 8.84. The van der Waals surface area contributed by atoms with Crippen LogP contribution in [-0.2, 0) is 16.2 Å². The molecule has 0 saturated heterocycles. The van der Waals surface area contributed by atoms with Gasteiger partial charge in [-0.05, 0) is 48.0 Å². The van der Waals surface area contributed by atoms with Crippen LogP contribution in [-0.4, -0.2) is 18.4 Å². The van der Waals surface area contributed by atoms with Gasteiger partial charge in [0.2, 0.25) is 0 Å². The van der Waals surface area contributed by atoms with Crippen LogP contribution >= 0.6 is 11.6 Å². The van der Waals surface area contributed by atoms with Crippen molar-refractivity contribution in [3.63, 3.8) is 0 Å². The summed E-state index contributed by atoms with van der Waals surface area (Å²) in [7, 11) is -4.34. The molecule has 2 heterocycles. The van der Waals surface area contributed by atoms with Crippen molar-refractivity contribution in [1.82, 2.24) is 9.97 Å². The lowest BCUT2D eigenvalue weighted by Crippen LogP contribution is -2.15. The maximum atomic E-state index is 12.9. The number of sulfonamides is 1. The van der Waals surface area contributed by atoms with Crippen LogP contribution in [0.3, 0.4) is 0 Å². The average Bonchev–Trinajstić information content (AvgIpc) is 2.74. The lowest BCUT2D eigenvalue weighted by atomic mass is 10.0. The second kappa shape index (κ2) is 7.82. The smallest absolute Gasteiger partial charge is 0.276 e. The van der Waals surface area contributed by atoms with Gasteiger partial charge in [0.15, 0.2) is 5.15 Å². The number of hydrogen-bond donors (Lipinski definition) is 1. The molecule has 0 aliphatic heterocycles. The van der Waals surface area contributed by atoms with E-state index in [4.69, 9.17) is 11.6 Å². The summed E-state index contributed by atoms with van der Waals surface area (Å²) in [6.07, 6.45) is -1.52. The molecular weight excluding hydrogens is 451 g/mol. The highest BCUT2D eigenvalue weighted by Crippen LogP contribution is 2.32. The monoisotopic (exact) mass is 463 g/mol. The van der Waals surface area contributed by atoms with Gasteiger partial charge in [-0.1, -0.05) is 29.8 Å². The minimum Gasteiger partial charge on any atom is -0.276 e. The standard InChI is InChI=1S/C21H13ClF3N3O2S/c22-20-19(28-31(29,30)17-5-1-4-16(11-17)21(23,24)25)10-15(12-27-20)13-6-7-18-14(9-13)3-2-8-26-18/h1-12,28H. The Kier molecular flexibility index (Phi) is 5.32. The molecule has 0 atom stereocenters. The summed E-state index contributed by atoms with van der Waals surface area (Å²) in [5, 5.41) is 0.739. The van der Waals surface area contributed by atoms with Gasteiger partial charge < -0.3 is 0 Å². The largest absolute Gasteiger partial charge is 0.416 e. The third kappa shape index (κ3) is 4.47. The summed E-state index contributed by atoms with van der Waals surface area (Å²) in [5.41, 5.74) is 0.973. The van der Waals surface area contributed by atoms with Crippen molar-refractivity contribution in [2.75, 3.05) is 4.72 Å². The molecule has 4 rings (SSSR count). The SMILES string of the molecule is O=S(=O)(Nc1cc(-c2ccc3ncccc3c2)cnc1Cl)c1cccc(C(F)(F)F)c1. The molecule has 158 valence electrons. The fraction of sp³-hybridized carbons (Fsp3) is 0.0476. The number of rotatable bonds is 4. The number of aromatic nitrogens is 2. The predicted octanol–water partition coefficient (Wildman–Crippen LogP) is 5.77. The molecule has 0 aliphatic rings. The van der Waals surface area contributed by atoms with Gasteiger partial charge >= 0.3 is 6.18 Å². The zero-order chi connectivity index (χ0) is 22.2. The fourth-order valence-electron chi connectivity index (χ4n) is 2.98. The molecule has 0 radical (unpaired) electrons. The van der Waals surface area contributed by atoms with Gasteiger partial charge in [0.05, 0.1) is 21.7 Å². The summed E-state index contributed by atoms with van der Waals surface area (Å²) >= 11 is 6.05. The van der Waals surface area contributed by atoms with E-state index < -0.39 is 26.7 Å². The van der Waals surface area contributed by atoms with Crippen LogP contribution in [0.15, 0.2) is 78.0 Å². The van der Waals surface area contributed by atoms with Crippen LogP contribution in [0.1, 0.15) is 5.56 Å². The third-order valence-corrected chi connectivity index (χ3v) is 6.16. The number of halogens is 4. The van der Waals surface area contributed by atoms with Crippen LogP contribution in [0.25, 0.3) is 22.0 Å². The number of benzene rings is 2. The van der Waals surface area contributed by atoms with E-state index in [1.807, 2.05) is 18.2 Å². The second-order valence-corrected chi connectivity index (χ2v) is 8.64. The summed E-state index contributed by atoms with van der Waals surface area (Å²) in [5.74, 6) is 0. The van der Waals surface area contributed by atoms with Crippen molar-refractivity contribution < 1.29 is 21.6 Å². The Morgan fingerprint density at radius 2 is 1.71 bits per heavy atom. The number of nitrogens with zero attached hydrogens (tertiary/aromatic N) is 2. The van der Waals surface area contributed by atoms with E-state index in [2.05, 4.69) is 14.7 Å². The molecule has 1 N–H and O–H groups in total. The molecule has 0 unspecified atom stereocenters. The minimum absolute atomic E-state index is 0.0529. The Balaban J connectivity index is 1.70. The topological polar surface area (TPSA) is 72.0 Å². The van der Waals surface area contributed by atoms with Gasteiger partial charge in [-0.3, -0.25) is 9.71 Å². The zero-order valence-electron chi connectivity index (χ0n) is 15.6. The van der Waals surface area contributed by atoms with Crippen LogP contribution in [0, 0.1) is 0 Å². The van der Waals surface area contributed by atoms with Gasteiger partial charge in [0, 0.05) is 23.3 Å². The first-order valence-corrected chi connectivity index (χ1v) is 10.7. The van der Waals surface area contributed by atoms with Crippen molar-refractivity contribution in [3.8, 4) is 11.1 Å². The van der Waals surface area contributed by atoms with Gasteiger partial charge in [-0.25, -0.2) is 13.4 Å². The number of anilines is 1. The third-order valence-electron chi connectivity index (χ3n) is 4.49. The number of fused-ring (bicyclic) bond motifs is 1. The van der Waals surface area contributed by atoms with E-state index in [-0.39, 0.29) is 10.8 Å². The quantitative estimate of drug-likeness (QED) is 0.390. The van der Waals surface area contributed by atoms with Gasteiger partial charge in [0.25, 0.3) is 10.0 Å². The Hall–Kier alpha value is -3.17. The molecule has 31 heavy (non-hydrogen) atoms. The molecule has 0 fully saturated rings. The first-order chi connectivity index (χ1) is 14.6. The molecule has 2 aromatic carbocycles. The molecule has 4 aromatic rings. The number of nitrogens with one attached hydrogen (secondary N) is 1. The second-order valence-electron chi connectivity index (χ2n) is 6.60. The Labute approximate surface area is 180 Å². The van der Waals surface area contributed by atoms with Gasteiger partial charge in [-0.2, -0.15) is 13.2 Å². The van der Waals surface area contributed by atoms with Crippen LogP contribution in [0.4, 0.5) is 18.9 Å². The van der Waals surface area contributed by atoms with Crippen LogP contribution in [0.2, 0.25) is 5.15 Å². The number of alkyl halides is 3. The molecule has 0 amide bonds. The first kappa shape index (κ1) is 21.1. The summed E-state index contributed by atoms with van der Waals surface area (Å²) in [4.78, 5) is 7.72. The van der Waals surface area contributed by atoms with E-state index in [0.29, 0.717) is 11.6 Å². The van der Waals surface area contributed by atoms with E-state index >= 15 is 0 Å². The highest BCUT2D eigenvalue weighted by Gasteiger charge is 2.31. The molecule has 0 aliphatic carbocycles. The van der Waals surface area contributed by atoms with E-state index in [0.717, 1.165) is 34.7 Å². The van der Waals surface area contributed by atoms with Crippen molar-refractivity contribution in [2.24, 2.45) is 0 Å². The molecule has 0 spiro atoms. The fourth-order valence-corrected chi connectivity index (χ4v) is 4.29. The highest BCUT2D eigenvalue weighted by atomic mass is 35.5. The maximum absolute atomic E-state index is 12.9. The molecule has 0 bridgehead atoms. The minimum atomic E-state index is -4.67. The van der Waals surface area contributed by atoms with Crippen molar-refractivity contribution >= 4 is 38.2 Å². The van der Waals surface area contributed by atoms with Crippen LogP contribution in [0.5, 0.6) is 0 Å². The predicted molar refractivity (Wildman–Crippen MR) is 112 cm³/mol. The van der Waals surface area contributed by atoms with Crippen molar-refractivity contribution in [3.05, 3.63) is 83.8 Å². The highest BCUT2D eigenvalue weighted by molar-refractivity contribution is 7.92. The molecule has 2 aromatic heterocycles. The van der Waals surface area contributed by atoms with E-state index in [1.165, 1.54) is 12.3 Å². The van der Waals surface area contributed by atoms with Gasteiger partial charge in [0.1, 0.15) is 0 Å². The summed E-state index contributed by atoms with van der Waals surface area (Å²) in [6, 6.07) is 14.1. The molecule has 5 nitrogen and oxygen atoms in total. The average molecular weight is 464 g/mol. The van der Waals surface area contributed by atoms with E-state index in [9.17, 15) is 21.6 Å². The zero-order valence-corrected chi connectivity index (χ0v) is 17.1. The van der Waals surface area contributed by atoms with Gasteiger partial charge in [-0.15, -0.1) is 0 Å². The summed E-state index contributed by atoms with van der Waals surface area (Å²) in [6.45, 7) is 0. The number of pyridine rings is 2.